The minimum atomic E-state index is -0.277. The van der Waals surface area contributed by atoms with Crippen LogP contribution >= 0.6 is 0 Å². The van der Waals surface area contributed by atoms with Gasteiger partial charge in [-0.2, -0.15) is 4.98 Å². The van der Waals surface area contributed by atoms with Crippen LogP contribution in [0.15, 0.2) is 45.3 Å². The topological polar surface area (TPSA) is 90.4 Å². The molecule has 0 unspecified atom stereocenters. The van der Waals surface area contributed by atoms with Gasteiger partial charge in [0.15, 0.2) is 12.4 Å². The van der Waals surface area contributed by atoms with E-state index in [9.17, 15) is 4.79 Å². The van der Waals surface area contributed by atoms with Gasteiger partial charge in [0.2, 0.25) is 11.7 Å². The SMILES string of the molecule is Cc1ccc(C)c2c(C)c(C(=O)Nc3ccc(OCc4noc(C5CC5)n4)cc3)oc12. The maximum atomic E-state index is 12.8. The standard InChI is InChI=1S/C24H23N3O4/c1-13-4-5-14(2)21-20(13)15(3)22(30-21)23(28)25-17-8-10-18(11-9-17)29-12-19-26-24(31-27-19)16-6-7-16/h4-5,8-11,16H,6-7,12H2,1-3H3,(H,25,28). The number of carbonyl (C=O) groups excluding carboxylic acids is 1. The Hall–Kier alpha value is -3.61. The second-order valence-electron chi connectivity index (χ2n) is 8.05. The number of hydrogen-bond acceptors (Lipinski definition) is 6. The molecular formula is C24H23N3O4. The molecule has 0 spiro atoms. The zero-order valence-electron chi connectivity index (χ0n) is 17.7. The lowest BCUT2D eigenvalue weighted by Crippen LogP contribution is -2.12. The number of hydrogen-bond donors (Lipinski definition) is 1. The summed E-state index contributed by atoms with van der Waals surface area (Å²) < 4.78 is 16.9. The molecule has 1 aliphatic carbocycles. The van der Waals surface area contributed by atoms with Gasteiger partial charge < -0.3 is 19.0 Å². The quantitative estimate of drug-likeness (QED) is 0.449. The Balaban J connectivity index is 1.25. The Morgan fingerprint density at radius 2 is 1.84 bits per heavy atom. The monoisotopic (exact) mass is 417 g/mol. The Morgan fingerprint density at radius 3 is 2.55 bits per heavy atom. The Labute approximate surface area is 179 Å². The number of nitrogens with one attached hydrogen (secondary N) is 1. The van der Waals surface area contributed by atoms with E-state index >= 15 is 0 Å². The van der Waals surface area contributed by atoms with Crippen LogP contribution in [0.25, 0.3) is 11.0 Å². The minimum absolute atomic E-state index is 0.235. The molecule has 0 saturated heterocycles. The first-order valence-corrected chi connectivity index (χ1v) is 10.4. The van der Waals surface area contributed by atoms with Gasteiger partial charge in [0.1, 0.15) is 11.3 Å². The van der Waals surface area contributed by atoms with Crippen molar-refractivity contribution in [1.29, 1.82) is 0 Å². The molecule has 0 atom stereocenters. The van der Waals surface area contributed by atoms with E-state index < -0.39 is 0 Å². The lowest BCUT2D eigenvalue weighted by molar-refractivity contribution is 0.0998. The molecule has 31 heavy (non-hydrogen) atoms. The molecule has 2 aromatic heterocycles. The van der Waals surface area contributed by atoms with Gasteiger partial charge in [-0.1, -0.05) is 17.3 Å². The van der Waals surface area contributed by atoms with Gasteiger partial charge in [-0.25, -0.2) is 0 Å². The lowest BCUT2D eigenvalue weighted by Gasteiger charge is -2.06. The summed E-state index contributed by atoms with van der Waals surface area (Å²) >= 11 is 0. The number of aromatic nitrogens is 2. The average molecular weight is 417 g/mol. The summed E-state index contributed by atoms with van der Waals surface area (Å²) in [4.78, 5) is 17.2. The fourth-order valence-corrected chi connectivity index (χ4v) is 3.68. The highest BCUT2D eigenvalue weighted by Gasteiger charge is 2.29. The predicted molar refractivity (Wildman–Crippen MR) is 115 cm³/mol. The summed E-state index contributed by atoms with van der Waals surface area (Å²) in [6, 6.07) is 11.2. The largest absolute Gasteiger partial charge is 0.485 e. The third-order valence-corrected chi connectivity index (χ3v) is 5.58. The molecule has 2 aromatic carbocycles. The summed E-state index contributed by atoms with van der Waals surface area (Å²) in [7, 11) is 0. The summed E-state index contributed by atoms with van der Waals surface area (Å²) in [5.74, 6) is 2.36. The lowest BCUT2D eigenvalue weighted by atomic mass is 10.0. The van der Waals surface area contributed by atoms with Crippen molar-refractivity contribution in [3.8, 4) is 5.75 Å². The molecule has 5 rings (SSSR count). The molecule has 1 aliphatic rings. The molecule has 158 valence electrons. The van der Waals surface area contributed by atoms with E-state index in [2.05, 4.69) is 15.5 Å². The molecule has 0 radical (unpaired) electrons. The first kappa shape index (κ1) is 19.4. The first-order chi connectivity index (χ1) is 15.0. The summed E-state index contributed by atoms with van der Waals surface area (Å²) in [5, 5.41) is 7.84. The molecule has 7 heteroatoms. The number of amides is 1. The normalized spacial score (nSPS) is 13.5. The predicted octanol–water partition coefficient (Wildman–Crippen LogP) is 5.45. The second kappa shape index (κ2) is 7.58. The number of rotatable bonds is 6. The van der Waals surface area contributed by atoms with Crippen LogP contribution in [0, 0.1) is 20.8 Å². The average Bonchev–Trinajstić information content (AvgIpc) is 3.39. The molecule has 1 fully saturated rings. The molecule has 0 bridgehead atoms. The molecule has 1 N–H and O–H groups in total. The van der Waals surface area contributed by atoms with Crippen molar-refractivity contribution in [2.24, 2.45) is 0 Å². The number of benzene rings is 2. The molecule has 7 nitrogen and oxygen atoms in total. The smallest absolute Gasteiger partial charge is 0.291 e. The van der Waals surface area contributed by atoms with Gasteiger partial charge in [-0.05, 0) is 69.0 Å². The number of fused-ring (bicyclic) bond motifs is 1. The fourth-order valence-electron chi connectivity index (χ4n) is 3.68. The van der Waals surface area contributed by atoms with Crippen molar-refractivity contribution < 1.29 is 18.5 Å². The van der Waals surface area contributed by atoms with Gasteiger partial charge >= 0.3 is 0 Å². The van der Waals surface area contributed by atoms with Crippen LogP contribution in [0.1, 0.15) is 57.7 Å². The number of nitrogens with zero attached hydrogens (tertiary/aromatic N) is 2. The maximum absolute atomic E-state index is 12.8. The maximum Gasteiger partial charge on any atom is 0.291 e. The van der Waals surface area contributed by atoms with Crippen molar-refractivity contribution in [1.82, 2.24) is 10.1 Å². The number of aryl methyl sites for hydroxylation is 3. The van der Waals surface area contributed by atoms with Crippen LogP contribution in [-0.4, -0.2) is 16.0 Å². The molecule has 0 aliphatic heterocycles. The Bertz CT molecular complexity index is 1270. The van der Waals surface area contributed by atoms with Gasteiger partial charge in [-0.15, -0.1) is 0 Å². The van der Waals surface area contributed by atoms with E-state index in [1.54, 1.807) is 24.3 Å². The van der Waals surface area contributed by atoms with Crippen LogP contribution in [0.4, 0.5) is 5.69 Å². The van der Waals surface area contributed by atoms with Crippen molar-refractivity contribution in [2.45, 2.75) is 46.1 Å². The number of ether oxygens (including phenoxy) is 1. The molecule has 2 heterocycles. The van der Waals surface area contributed by atoms with Gasteiger partial charge in [0.05, 0.1) is 0 Å². The van der Waals surface area contributed by atoms with Crippen molar-refractivity contribution in [3.05, 3.63) is 70.6 Å². The molecule has 1 amide bonds. The summed E-state index contributed by atoms with van der Waals surface area (Å²) in [5.41, 5.74) is 4.36. The van der Waals surface area contributed by atoms with E-state index in [0.29, 0.717) is 34.8 Å². The van der Waals surface area contributed by atoms with E-state index in [-0.39, 0.29) is 12.5 Å². The van der Waals surface area contributed by atoms with E-state index in [1.807, 2.05) is 32.9 Å². The minimum Gasteiger partial charge on any atom is -0.485 e. The van der Waals surface area contributed by atoms with Crippen LogP contribution in [0.2, 0.25) is 0 Å². The highest BCUT2D eigenvalue weighted by Crippen LogP contribution is 2.38. The van der Waals surface area contributed by atoms with Gasteiger partial charge in [0, 0.05) is 22.6 Å². The molecule has 1 saturated carbocycles. The van der Waals surface area contributed by atoms with Crippen LogP contribution in [-0.2, 0) is 6.61 Å². The zero-order valence-corrected chi connectivity index (χ0v) is 17.7. The fraction of sp³-hybridized carbons (Fsp3) is 0.292. The van der Waals surface area contributed by atoms with Crippen LogP contribution in [0.5, 0.6) is 5.75 Å². The Morgan fingerprint density at radius 1 is 1.10 bits per heavy atom. The Kier molecular flexibility index (Phi) is 4.73. The van der Waals surface area contributed by atoms with E-state index in [1.165, 1.54) is 0 Å². The highest BCUT2D eigenvalue weighted by molar-refractivity contribution is 6.07. The molecular weight excluding hydrogens is 394 g/mol. The van der Waals surface area contributed by atoms with E-state index in [0.717, 1.165) is 40.5 Å². The van der Waals surface area contributed by atoms with Crippen molar-refractivity contribution in [3.63, 3.8) is 0 Å². The molecule has 4 aromatic rings. The van der Waals surface area contributed by atoms with E-state index in [4.69, 9.17) is 13.7 Å². The van der Waals surface area contributed by atoms with Crippen molar-refractivity contribution >= 4 is 22.6 Å². The summed E-state index contributed by atoms with van der Waals surface area (Å²) in [6.45, 7) is 6.15. The number of carbonyl (C=O) groups is 1. The zero-order chi connectivity index (χ0) is 21.5. The van der Waals surface area contributed by atoms with Crippen molar-refractivity contribution in [2.75, 3.05) is 5.32 Å². The summed E-state index contributed by atoms with van der Waals surface area (Å²) in [6.07, 6.45) is 2.23. The highest BCUT2D eigenvalue weighted by atomic mass is 16.5. The van der Waals surface area contributed by atoms with Crippen LogP contribution in [0.3, 0.4) is 0 Å². The number of anilines is 1. The first-order valence-electron chi connectivity index (χ1n) is 10.4. The van der Waals surface area contributed by atoms with Crippen LogP contribution < -0.4 is 10.1 Å². The third kappa shape index (κ3) is 3.79. The third-order valence-electron chi connectivity index (χ3n) is 5.58. The second-order valence-corrected chi connectivity index (χ2v) is 8.05. The number of furan rings is 1. The van der Waals surface area contributed by atoms with Gasteiger partial charge in [0.25, 0.3) is 5.91 Å². The van der Waals surface area contributed by atoms with Gasteiger partial charge in [-0.3, -0.25) is 4.79 Å².